The number of rotatable bonds is 4. The lowest BCUT2D eigenvalue weighted by Crippen LogP contribution is -2.30. The fourth-order valence-electron chi connectivity index (χ4n) is 4.48. The van der Waals surface area contributed by atoms with Gasteiger partial charge in [0.15, 0.2) is 10.2 Å². The zero-order chi connectivity index (χ0) is 23.2. The molecule has 2 atom stereocenters. The maximum Gasteiger partial charge on any atom is 0.194 e. The summed E-state index contributed by atoms with van der Waals surface area (Å²) in [6, 6.07) is 24.6. The van der Waals surface area contributed by atoms with Crippen LogP contribution >= 0.6 is 39.5 Å². The summed E-state index contributed by atoms with van der Waals surface area (Å²) in [7, 11) is 0. The Bertz CT molecular complexity index is 1480. The van der Waals surface area contributed by atoms with Crippen molar-refractivity contribution in [1.82, 2.24) is 19.9 Å². The van der Waals surface area contributed by atoms with Crippen LogP contribution in [0.5, 0.6) is 0 Å². The van der Waals surface area contributed by atoms with Crippen molar-refractivity contribution in [3.05, 3.63) is 107 Å². The maximum atomic E-state index is 5.89. The van der Waals surface area contributed by atoms with Gasteiger partial charge >= 0.3 is 0 Å². The number of fused-ring (bicyclic) bond motifs is 1. The summed E-state index contributed by atoms with van der Waals surface area (Å²) in [6.07, 6.45) is 3.91. The average Bonchev–Trinajstić information content (AvgIpc) is 3.57. The Labute approximate surface area is 215 Å². The SMILES string of the molecule is Cc1cc(N2C(=S)N[C@H](c3ccccn3)[C@H]2c2cccn2-c2nc3ccccc3s2)ccc1Br. The van der Waals surface area contributed by atoms with E-state index in [0.29, 0.717) is 5.11 Å². The first kappa shape index (κ1) is 21.5. The molecule has 0 amide bonds. The van der Waals surface area contributed by atoms with Crippen molar-refractivity contribution in [3.63, 3.8) is 0 Å². The summed E-state index contributed by atoms with van der Waals surface area (Å²) in [5, 5.41) is 5.17. The zero-order valence-electron chi connectivity index (χ0n) is 18.2. The second kappa shape index (κ2) is 8.61. The van der Waals surface area contributed by atoms with Gasteiger partial charge in [0, 0.05) is 22.6 Å². The molecule has 168 valence electrons. The van der Waals surface area contributed by atoms with Crippen molar-refractivity contribution in [2.45, 2.75) is 19.0 Å². The summed E-state index contributed by atoms with van der Waals surface area (Å²) < 4.78 is 4.42. The lowest BCUT2D eigenvalue weighted by Gasteiger charge is -2.29. The highest BCUT2D eigenvalue weighted by Gasteiger charge is 2.42. The van der Waals surface area contributed by atoms with Crippen LogP contribution in [0.15, 0.2) is 89.7 Å². The smallest absolute Gasteiger partial charge is 0.194 e. The van der Waals surface area contributed by atoms with Gasteiger partial charge in [-0.3, -0.25) is 9.55 Å². The van der Waals surface area contributed by atoms with E-state index in [9.17, 15) is 0 Å². The summed E-state index contributed by atoms with van der Waals surface area (Å²) in [4.78, 5) is 11.8. The Morgan fingerprint density at radius 2 is 1.88 bits per heavy atom. The highest BCUT2D eigenvalue weighted by atomic mass is 79.9. The van der Waals surface area contributed by atoms with Gasteiger partial charge in [-0.05, 0) is 79.3 Å². The molecule has 0 unspecified atom stereocenters. The summed E-state index contributed by atoms with van der Waals surface area (Å²) >= 11 is 11.2. The summed E-state index contributed by atoms with van der Waals surface area (Å²) in [5.41, 5.74) is 5.25. The van der Waals surface area contributed by atoms with Gasteiger partial charge in [0.05, 0.1) is 27.6 Å². The Morgan fingerprint density at radius 3 is 2.68 bits per heavy atom. The molecule has 1 N–H and O–H groups in total. The molecule has 0 aliphatic carbocycles. The normalized spacial score (nSPS) is 17.9. The van der Waals surface area contributed by atoms with Crippen LogP contribution in [0.1, 0.15) is 29.0 Å². The maximum absolute atomic E-state index is 5.89. The topological polar surface area (TPSA) is 46.0 Å². The predicted molar refractivity (Wildman–Crippen MR) is 146 cm³/mol. The lowest BCUT2D eigenvalue weighted by molar-refractivity contribution is 0.549. The molecule has 0 radical (unpaired) electrons. The Kier molecular flexibility index (Phi) is 5.44. The van der Waals surface area contributed by atoms with Gasteiger partial charge in [-0.15, -0.1) is 0 Å². The second-order valence-corrected chi connectivity index (χ2v) is 10.4. The minimum Gasteiger partial charge on any atom is -0.351 e. The van der Waals surface area contributed by atoms with Crippen LogP contribution in [-0.2, 0) is 0 Å². The highest BCUT2D eigenvalue weighted by molar-refractivity contribution is 9.10. The van der Waals surface area contributed by atoms with E-state index in [1.54, 1.807) is 11.3 Å². The monoisotopic (exact) mass is 545 g/mol. The number of hydrogen-bond acceptors (Lipinski definition) is 4. The molecular formula is C26H20BrN5S2. The number of benzene rings is 2. The van der Waals surface area contributed by atoms with E-state index in [-0.39, 0.29) is 12.1 Å². The van der Waals surface area contributed by atoms with Crippen LogP contribution in [0.2, 0.25) is 0 Å². The van der Waals surface area contributed by atoms with Crippen LogP contribution in [0, 0.1) is 6.92 Å². The van der Waals surface area contributed by atoms with E-state index in [1.807, 2.05) is 24.4 Å². The van der Waals surface area contributed by atoms with Crippen molar-refractivity contribution >= 4 is 60.5 Å². The molecule has 5 nitrogen and oxygen atoms in total. The number of thiazole rings is 1. The standard InChI is InChI=1S/C26H20BrN5S2/c1-16-15-17(11-12-18(16)27)32-24(23(30-25(32)33)20-8-4-5-13-28-20)21-9-6-14-31(21)26-29-19-7-2-3-10-22(19)34-26/h2-15,23-24H,1H3,(H,30,33)/t23-,24-/m1/s1. The molecule has 1 fully saturated rings. The van der Waals surface area contributed by atoms with E-state index in [4.69, 9.17) is 17.2 Å². The zero-order valence-corrected chi connectivity index (χ0v) is 21.4. The largest absolute Gasteiger partial charge is 0.351 e. The van der Waals surface area contributed by atoms with E-state index in [2.05, 4.69) is 103 Å². The summed E-state index contributed by atoms with van der Waals surface area (Å²) in [5.74, 6) is 0. The van der Waals surface area contributed by atoms with Crippen LogP contribution in [0.25, 0.3) is 15.3 Å². The molecule has 2 aromatic carbocycles. The molecular weight excluding hydrogens is 526 g/mol. The van der Waals surface area contributed by atoms with Gasteiger partial charge in [0.25, 0.3) is 0 Å². The van der Waals surface area contributed by atoms with Gasteiger partial charge in [-0.25, -0.2) is 4.98 Å². The molecule has 3 aromatic heterocycles. The molecule has 8 heteroatoms. The number of nitrogens with zero attached hydrogens (tertiary/aromatic N) is 4. The van der Waals surface area contributed by atoms with Gasteiger partial charge < -0.3 is 10.2 Å². The van der Waals surface area contributed by atoms with Crippen LogP contribution in [0.4, 0.5) is 5.69 Å². The van der Waals surface area contributed by atoms with Gasteiger partial charge in [0.2, 0.25) is 0 Å². The molecule has 4 heterocycles. The van der Waals surface area contributed by atoms with Crippen LogP contribution in [-0.4, -0.2) is 19.6 Å². The molecule has 0 saturated carbocycles. The van der Waals surface area contributed by atoms with Gasteiger partial charge in [-0.1, -0.05) is 45.5 Å². The number of aromatic nitrogens is 3. The Balaban J connectivity index is 1.52. The molecule has 1 aliphatic heterocycles. The molecule has 1 saturated heterocycles. The van der Waals surface area contributed by atoms with Crippen LogP contribution < -0.4 is 10.2 Å². The first-order valence-corrected chi connectivity index (χ1v) is 12.9. The molecule has 5 aromatic rings. The van der Waals surface area contributed by atoms with Crippen molar-refractivity contribution < 1.29 is 0 Å². The predicted octanol–water partition coefficient (Wildman–Crippen LogP) is 6.73. The third-order valence-electron chi connectivity index (χ3n) is 6.09. The van der Waals surface area contributed by atoms with Gasteiger partial charge in [-0.2, -0.15) is 0 Å². The first-order chi connectivity index (χ1) is 16.6. The highest BCUT2D eigenvalue weighted by Crippen LogP contribution is 2.43. The Morgan fingerprint density at radius 1 is 1.03 bits per heavy atom. The quantitative estimate of drug-likeness (QED) is 0.253. The van der Waals surface area contributed by atoms with Crippen molar-refractivity contribution in [3.8, 4) is 5.13 Å². The second-order valence-electron chi connectivity index (χ2n) is 8.20. The van der Waals surface area contributed by atoms with Crippen molar-refractivity contribution in [2.24, 2.45) is 0 Å². The number of thiocarbonyl (C=S) groups is 1. The van der Waals surface area contributed by atoms with E-state index >= 15 is 0 Å². The molecule has 0 spiro atoms. The average molecular weight is 547 g/mol. The Hall–Kier alpha value is -3.07. The number of para-hydroxylation sites is 1. The molecule has 0 bridgehead atoms. The minimum absolute atomic E-state index is 0.106. The number of anilines is 1. The third kappa shape index (κ3) is 3.62. The molecule has 1 aliphatic rings. The third-order valence-corrected chi connectivity index (χ3v) is 8.33. The molecule has 34 heavy (non-hydrogen) atoms. The van der Waals surface area contributed by atoms with E-state index in [0.717, 1.165) is 37.8 Å². The van der Waals surface area contributed by atoms with Crippen LogP contribution in [0.3, 0.4) is 0 Å². The van der Waals surface area contributed by atoms with E-state index in [1.165, 1.54) is 4.70 Å². The number of nitrogens with one attached hydrogen (secondary N) is 1. The lowest BCUT2D eigenvalue weighted by atomic mass is 10.0. The fraction of sp³-hybridized carbons (Fsp3) is 0.115. The van der Waals surface area contributed by atoms with Gasteiger partial charge in [0.1, 0.15) is 6.04 Å². The number of halogens is 1. The first-order valence-electron chi connectivity index (χ1n) is 10.9. The fourth-order valence-corrected chi connectivity index (χ4v) is 6.05. The minimum atomic E-state index is -0.110. The molecule has 6 rings (SSSR count). The van der Waals surface area contributed by atoms with Crippen molar-refractivity contribution in [2.75, 3.05) is 4.90 Å². The summed E-state index contributed by atoms with van der Waals surface area (Å²) in [6.45, 7) is 2.09. The van der Waals surface area contributed by atoms with Crippen molar-refractivity contribution in [1.29, 1.82) is 0 Å². The van der Waals surface area contributed by atoms with E-state index < -0.39 is 0 Å². The number of pyridine rings is 1. The number of aryl methyl sites for hydroxylation is 1. The number of hydrogen-bond donors (Lipinski definition) is 1.